The predicted molar refractivity (Wildman–Crippen MR) is 93.7 cm³/mol. The van der Waals surface area contributed by atoms with Crippen LogP contribution in [-0.2, 0) is 4.74 Å². The van der Waals surface area contributed by atoms with Crippen molar-refractivity contribution in [1.29, 1.82) is 0 Å². The number of amides is 1. The average molecular weight is 362 g/mol. The maximum Gasteiger partial charge on any atom is 0.418 e. The van der Waals surface area contributed by atoms with E-state index in [1.807, 2.05) is 55.5 Å². The van der Waals surface area contributed by atoms with E-state index in [-0.39, 0.29) is 6.09 Å². The van der Waals surface area contributed by atoms with Gasteiger partial charge in [0, 0.05) is 4.47 Å². The van der Waals surface area contributed by atoms with E-state index in [9.17, 15) is 4.79 Å². The number of hydrogen-bond donors (Lipinski definition) is 0. The highest BCUT2D eigenvalue weighted by Gasteiger charge is 2.19. The molecule has 0 aliphatic carbocycles. The summed E-state index contributed by atoms with van der Waals surface area (Å²) < 4.78 is 6.36. The highest BCUT2D eigenvalue weighted by atomic mass is 79.9. The number of ether oxygens (including phenoxy) is 1. The Morgan fingerprint density at radius 3 is 2.14 bits per heavy atom. The molecule has 2 rings (SSSR count). The molecule has 3 nitrogen and oxygen atoms in total. The Kier molecular flexibility index (Phi) is 6.01. The maximum atomic E-state index is 12.5. The van der Waals surface area contributed by atoms with Crippen LogP contribution in [0, 0.1) is 6.92 Å². The quantitative estimate of drug-likeness (QED) is 0.626. The molecule has 4 heteroatoms. The first-order valence-electron chi connectivity index (χ1n) is 7.41. The van der Waals surface area contributed by atoms with Crippen LogP contribution in [0.5, 0.6) is 0 Å². The second-order valence-corrected chi connectivity index (χ2v) is 6.03. The number of carbonyl (C=O) groups is 1. The van der Waals surface area contributed by atoms with Gasteiger partial charge in [-0.15, -0.1) is 0 Å². The first kappa shape index (κ1) is 16.6. The van der Waals surface area contributed by atoms with Crippen LogP contribution in [0.4, 0.5) is 16.2 Å². The Balaban J connectivity index is 2.29. The molecular formula is C18H20BrNO2. The van der Waals surface area contributed by atoms with Crippen molar-refractivity contribution in [2.75, 3.05) is 11.5 Å². The van der Waals surface area contributed by atoms with Crippen LogP contribution in [0.1, 0.15) is 25.3 Å². The summed E-state index contributed by atoms with van der Waals surface area (Å²) in [5.74, 6) is 0. The van der Waals surface area contributed by atoms with Gasteiger partial charge in [0.25, 0.3) is 0 Å². The van der Waals surface area contributed by atoms with Gasteiger partial charge in [0.2, 0.25) is 0 Å². The lowest BCUT2D eigenvalue weighted by Gasteiger charge is -2.22. The number of anilines is 2. The molecule has 0 heterocycles. The number of rotatable bonds is 5. The number of nitrogens with zero attached hydrogens (tertiary/aromatic N) is 1. The number of aryl methyl sites for hydroxylation is 1. The van der Waals surface area contributed by atoms with E-state index in [2.05, 4.69) is 22.9 Å². The molecule has 0 N–H and O–H groups in total. The van der Waals surface area contributed by atoms with Gasteiger partial charge in [0.1, 0.15) is 0 Å². The highest BCUT2D eigenvalue weighted by molar-refractivity contribution is 9.10. The second-order valence-electron chi connectivity index (χ2n) is 5.12. The molecule has 0 aliphatic heterocycles. The fourth-order valence-corrected chi connectivity index (χ4v) is 2.28. The van der Waals surface area contributed by atoms with E-state index in [0.717, 1.165) is 34.3 Å². The van der Waals surface area contributed by atoms with Crippen molar-refractivity contribution in [3.05, 3.63) is 58.6 Å². The first-order chi connectivity index (χ1) is 10.6. The number of benzene rings is 2. The van der Waals surface area contributed by atoms with Gasteiger partial charge in [0.05, 0.1) is 18.0 Å². The zero-order chi connectivity index (χ0) is 15.9. The molecule has 0 saturated heterocycles. The molecule has 0 spiro atoms. The number of unbranched alkanes of at least 4 members (excludes halogenated alkanes) is 1. The van der Waals surface area contributed by atoms with Gasteiger partial charge in [-0.3, -0.25) is 0 Å². The molecule has 0 radical (unpaired) electrons. The monoisotopic (exact) mass is 361 g/mol. The van der Waals surface area contributed by atoms with Crippen LogP contribution in [0.15, 0.2) is 53.0 Å². The molecule has 2 aromatic rings. The van der Waals surface area contributed by atoms with Crippen LogP contribution in [0.25, 0.3) is 0 Å². The van der Waals surface area contributed by atoms with Gasteiger partial charge >= 0.3 is 6.09 Å². The summed E-state index contributed by atoms with van der Waals surface area (Å²) in [4.78, 5) is 14.1. The van der Waals surface area contributed by atoms with Crippen molar-refractivity contribution < 1.29 is 9.53 Å². The minimum Gasteiger partial charge on any atom is -0.449 e. The average Bonchev–Trinajstić information content (AvgIpc) is 2.52. The Hall–Kier alpha value is -1.81. The van der Waals surface area contributed by atoms with Crippen LogP contribution in [-0.4, -0.2) is 12.7 Å². The molecule has 0 atom stereocenters. The fraction of sp³-hybridized carbons (Fsp3) is 0.278. The normalized spacial score (nSPS) is 10.3. The summed E-state index contributed by atoms with van der Waals surface area (Å²) >= 11 is 3.41. The van der Waals surface area contributed by atoms with Crippen LogP contribution < -0.4 is 4.90 Å². The highest BCUT2D eigenvalue weighted by Crippen LogP contribution is 2.28. The van der Waals surface area contributed by atoms with E-state index >= 15 is 0 Å². The summed E-state index contributed by atoms with van der Waals surface area (Å²) in [6, 6.07) is 15.4. The molecule has 0 unspecified atom stereocenters. The zero-order valence-electron chi connectivity index (χ0n) is 12.9. The third kappa shape index (κ3) is 4.34. The molecular weight excluding hydrogens is 342 g/mol. The molecule has 0 aromatic heterocycles. The molecule has 116 valence electrons. The molecule has 1 amide bonds. The third-order valence-corrected chi connectivity index (χ3v) is 3.81. The maximum absolute atomic E-state index is 12.5. The SMILES string of the molecule is CCCCOC(=O)N(c1ccc(C)cc1)c1ccc(Br)cc1. The van der Waals surface area contributed by atoms with Gasteiger partial charge in [-0.2, -0.15) is 0 Å². The van der Waals surface area contributed by atoms with Gasteiger partial charge < -0.3 is 4.74 Å². The number of carbonyl (C=O) groups excluding carboxylic acids is 1. The van der Waals surface area contributed by atoms with E-state index in [4.69, 9.17) is 4.74 Å². The van der Waals surface area contributed by atoms with Gasteiger partial charge in [-0.25, -0.2) is 9.69 Å². The molecule has 0 aliphatic rings. The summed E-state index contributed by atoms with van der Waals surface area (Å²) in [7, 11) is 0. The topological polar surface area (TPSA) is 29.5 Å². The summed E-state index contributed by atoms with van der Waals surface area (Å²) in [5.41, 5.74) is 2.74. The Morgan fingerprint density at radius 2 is 1.59 bits per heavy atom. The van der Waals surface area contributed by atoms with Crippen molar-refractivity contribution >= 4 is 33.4 Å². The number of hydrogen-bond acceptors (Lipinski definition) is 2. The van der Waals surface area contributed by atoms with E-state index in [1.165, 1.54) is 0 Å². The van der Waals surface area contributed by atoms with Crippen molar-refractivity contribution in [1.82, 2.24) is 0 Å². The summed E-state index contributed by atoms with van der Waals surface area (Å²) in [5, 5.41) is 0. The van der Waals surface area contributed by atoms with Crippen LogP contribution in [0.3, 0.4) is 0 Å². The molecule has 2 aromatic carbocycles. The third-order valence-electron chi connectivity index (χ3n) is 3.28. The fourth-order valence-electron chi connectivity index (χ4n) is 2.01. The lowest BCUT2D eigenvalue weighted by molar-refractivity contribution is 0.155. The minimum absolute atomic E-state index is 0.348. The summed E-state index contributed by atoms with van der Waals surface area (Å²) in [6.07, 6.45) is 1.52. The van der Waals surface area contributed by atoms with E-state index < -0.39 is 0 Å². The smallest absolute Gasteiger partial charge is 0.418 e. The molecule has 0 saturated carbocycles. The Bertz CT molecular complexity index is 562. The van der Waals surface area contributed by atoms with Crippen molar-refractivity contribution in [2.24, 2.45) is 0 Å². The van der Waals surface area contributed by atoms with Crippen LogP contribution >= 0.6 is 15.9 Å². The lowest BCUT2D eigenvalue weighted by Crippen LogP contribution is -2.27. The predicted octanol–water partition coefficient (Wildman–Crippen LogP) is 5.83. The second kappa shape index (κ2) is 7.99. The Morgan fingerprint density at radius 1 is 1.05 bits per heavy atom. The minimum atomic E-state index is -0.348. The lowest BCUT2D eigenvalue weighted by atomic mass is 10.2. The van der Waals surface area contributed by atoms with Gasteiger partial charge in [-0.1, -0.05) is 47.0 Å². The van der Waals surface area contributed by atoms with Crippen molar-refractivity contribution in [3.8, 4) is 0 Å². The molecule has 22 heavy (non-hydrogen) atoms. The first-order valence-corrected chi connectivity index (χ1v) is 8.20. The van der Waals surface area contributed by atoms with E-state index in [1.54, 1.807) is 4.90 Å². The van der Waals surface area contributed by atoms with E-state index in [0.29, 0.717) is 6.61 Å². The molecule has 0 bridgehead atoms. The van der Waals surface area contributed by atoms with Crippen molar-refractivity contribution in [3.63, 3.8) is 0 Å². The zero-order valence-corrected chi connectivity index (χ0v) is 14.5. The van der Waals surface area contributed by atoms with Crippen LogP contribution in [0.2, 0.25) is 0 Å². The Labute approximate surface area is 140 Å². The van der Waals surface area contributed by atoms with Crippen molar-refractivity contribution in [2.45, 2.75) is 26.7 Å². The standard InChI is InChI=1S/C18H20BrNO2/c1-3-4-13-22-18(21)20(16-9-5-14(2)6-10-16)17-11-7-15(19)8-12-17/h5-12H,3-4,13H2,1-2H3. The van der Waals surface area contributed by atoms with Gasteiger partial charge in [0.15, 0.2) is 0 Å². The number of halogens is 1. The largest absolute Gasteiger partial charge is 0.449 e. The molecule has 0 fully saturated rings. The summed E-state index contributed by atoms with van der Waals surface area (Å²) in [6.45, 7) is 4.53. The van der Waals surface area contributed by atoms with Gasteiger partial charge in [-0.05, 0) is 49.7 Å².